The molecule has 2 heterocycles. The second-order valence-corrected chi connectivity index (χ2v) is 6.47. The van der Waals surface area contributed by atoms with Crippen molar-refractivity contribution in [1.29, 1.82) is 0 Å². The third-order valence-electron chi connectivity index (χ3n) is 4.75. The lowest BCUT2D eigenvalue weighted by Gasteiger charge is -2.36. The van der Waals surface area contributed by atoms with Crippen molar-refractivity contribution < 1.29 is 22.8 Å². The summed E-state index contributed by atoms with van der Waals surface area (Å²) in [5.41, 5.74) is -0.531. The largest absolute Gasteiger partial charge is 0.416 e. The Hall–Kier alpha value is -2.09. The zero-order chi connectivity index (χ0) is 18.2. The minimum Gasteiger partial charge on any atom is -0.323 e. The average Bonchev–Trinajstić information content (AvgIpc) is 2.59. The van der Waals surface area contributed by atoms with E-state index in [-0.39, 0.29) is 18.1 Å². The molecule has 136 valence electrons. The molecular formula is C17H20F3N3O2. The van der Waals surface area contributed by atoms with Crippen LogP contribution in [0.15, 0.2) is 18.2 Å². The summed E-state index contributed by atoms with van der Waals surface area (Å²) in [6, 6.07) is 2.64. The summed E-state index contributed by atoms with van der Waals surface area (Å²) in [5.74, 6) is -0.760. The molecule has 0 aromatic heterocycles. The number of carbonyl (C=O) groups is 2. The second kappa shape index (κ2) is 6.67. The van der Waals surface area contributed by atoms with E-state index >= 15 is 0 Å². The number of nitrogens with zero attached hydrogens (tertiary/aromatic N) is 2. The third kappa shape index (κ3) is 3.63. The maximum absolute atomic E-state index is 12.9. The maximum Gasteiger partial charge on any atom is 0.416 e. The molecule has 1 fully saturated rings. The van der Waals surface area contributed by atoms with Gasteiger partial charge in [0.05, 0.1) is 23.0 Å². The van der Waals surface area contributed by atoms with Crippen LogP contribution < -0.4 is 10.2 Å². The predicted octanol–water partition coefficient (Wildman–Crippen LogP) is 2.86. The highest BCUT2D eigenvalue weighted by molar-refractivity contribution is 6.11. The van der Waals surface area contributed by atoms with Crippen molar-refractivity contribution in [3.63, 3.8) is 0 Å². The normalized spacial score (nSPS) is 20.0. The van der Waals surface area contributed by atoms with Gasteiger partial charge in [-0.15, -0.1) is 0 Å². The molecule has 3 rings (SSSR count). The van der Waals surface area contributed by atoms with E-state index in [1.54, 1.807) is 6.92 Å². The summed E-state index contributed by atoms with van der Waals surface area (Å²) < 4.78 is 38.6. The first-order valence-corrected chi connectivity index (χ1v) is 8.34. The van der Waals surface area contributed by atoms with Gasteiger partial charge in [0.2, 0.25) is 11.8 Å². The molecule has 2 amide bonds. The van der Waals surface area contributed by atoms with Gasteiger partial charge >= 0.3 is 6.18 Å². The number of likely N-dealkylation sites (tertiary alicyclic amines) is 1. The van der Waals surface area contributed by atoms with Crippen LogP contribution in [0, 0.1) is 0 Å². The zero-order valence-corrected chi connectivity index (χ0v) is 13.9. The standard InChI is InChI=1S/C17H20F3N3O2/c1-11(22-7-3-2-4-8-22)16(25)23-10-15(24)21-13-9-12(17(18,19)20)5-6-14(13)23/h5-6,9,11H,2-4,7-8,10H2,1H3,(H,21,24)/t11-/m0/s1. The van der Waals surface area contributed by atoms with Crippen LogP contribution in [-0.4, -0.2) is 42.4 Å². The van der Waals surface area contributed by atoms with Gasteiger partial charge in [0.1, 0.15) is 6.54 Å². The molecule has 0 saturated carbocycles. The number of alkyl halides is 3. The molecule has 0 aliphatic carbocycles. The van der Waals surface area contributed by atoms with Gasteiger partial charge in [0, 0.05) is 0 Å². The van der Waals surface area contributed by atoms with E-state index in [1.807, 2.05) is 0 Å². The van der Waals surface area contributed by atoms with Crippen molar-refractivity contribution >= 4 is 23.2 Å². The van der Waals surface area contributed by atoms with Gasteiger partial charge < -0.3 is 5.32 Å². The number of amides is 2. The molecule has 2 aliphatic rings. The SMILES string of the molecule is C[C@@H](C(=O)N1CC(=O)Nc2cc(C(F)(F)F)ccc21)N1CCCCC1. The zero-order valence-electron chi connectivity index (χ0n) is 13.9. The minimum atomic E-state index is -4.51. The molecule has 0 radical (unpaired) electrons. The van der Waals surface area contributed by atoms with Gasteiger partial charge in [-0.25, -0.2) is 0 Å². The molecule has 0 bridgehead atoms. The van der Waals surface area contributed by atoms with Crippen LogP contribution in [0.2, 0.25) is 0 Å². The molecule has 1 saturated heterocycles. The van der Waals surface area contributed by atoms with Crippen LogP contribution in [0.3, 0.4) is 0 Å². The molecule has 25 heavy (non-hydrogen) atoms. The highest BCUT2D eigenvalue weighted by Crippen LogP contribution is 2.37. The maximum atomic E-state index is 12.9. The van der Waals surface area contributed by atoms with E-state index in [2.05, 4.69) is 10.2 Å². The smallest absolute Gasteiger partial charge is 0.323 e. The van der Waals surface area contributed by atoms with E-state index in [0.717, 1.165) is 44.5 Å². The molecule has 1 aromatic carbocycles. The fourth-order valence-corrected chi connectivity index (χ4v) is 3.35. The van der Waals surface area contributed by atoms with Crippen LogP contribution in [0.5, 0.6) is 0 Å². The quantitative estimate of drug-likeness (QED) is 0.888. The summed E-state index contributed by atoms with van der Waals surface area (Å²) in [6.07, 6.45) is -1.34. The number of piperidine rings is 1. The lowest BCUT2D eigenvalue weighted by Crippen LogP contribution is -2.52. The number of nitrogens with one attached hydrogen (secondary N) is 1. The number of benzene rings is 1. The summed E-state index contributed by atoms with van der Waals surface area (Å²) in [7, 11) is 0. The van der Waals surface area contributed by atoms with Crippen LogP contribution in [-0.2, 0) is 15.8 Å². The van der Waals surface area contributed by atoms with E-state index in [9.17, 15) is 22.8 Å². The molecule has 2 aliphatic heterocycles. The fourth-order valence-electron chi connectivity index (χ4n) is 3.35. The van der Waals surface area contributed by atoms with Gasteiger partial charge in [-0.05, 0) is 51.1 Å². The first-order valence-electron chi connectivity index (χ1n) is 8.34. The highest BCUT2D eigenvalue weighted by atomic mass is 19.4. The Morgan fingerprint density at radius 2 is 1.88 bits per heavy atom. The lowest BCUT2D eigenvalue weighted by atomic mass is 10.1. The number of rotatable bonds is 2. The van der Waals surface area contributed by atoms with Crippen molar-refractivity contribution in [2.75, 3.05) is 29.9 Å². The first kappa shape index (κ1) is 17.7. The van der Waals surface area contributed by atoms with Gasteiger partial charge in [-0.1, -0.05) is 6.42 Å². The topological polar surface area (TPSA) is 52.7 Å². The van der Waals surface area contributed by atoms with E-state index in [1.165, 1.54) is 11.0 Å². The third-order valence-corrected chi connectivity index (χ3v) is 4.75. The Balaban J connectivity index is 1.88. The average molecular weight is 355 g/mol. The molecule has 1 aromatic rings. The van der Waals surface area contributed by atoms with E-state index < -0.39 is 23.7 Å². The van der Waals surface area contributed by atoms with Gasteiger partial charge in [-0.3, -0.25) is 19.4 Å². The monoisotopic (exact) mass is 355 g/mol. The minimum absolute atomic E-state index is 0.0188. The van der Waals surface area contributed by atoms with Crippen LogP contribution in [0.4, 0.5) is 24.5 Å². The number of fused-ring (bicyclic) bond motifs is 1. The van der Waals surface area contributed by atoms with Crippen molar-refractivity contribution in [1.82, 2.24) is 4.90 Å². The molecule has 8 heteroatoms. The Bertz CT molecular complexity index is 684. The van der Waals surface area contributed by atoms with Gasteiger partial charge in [0.25, 0.3) is 0 Å². The number of carbonyl (C=O) groups excluding carboxylic acids is 2. The Kier molecular flexibility index (Phi) is 4.73. The van der Waals surface area contributed by atoms with E-state index in [4.69, 9.17) is 0 Å². The Morgan fingerprint density at radius 1 is 1.20 bits per heavy atom. The highest BCUT2D eigenvalue weighted by Gasteiger charge is 2.36. The summed E-state index contributed by atoms with van der Waals surface area (Å²) >= 11 is 0. The molecular weight excluding hydrogens is 335 g/mol. The molecule has 1 atom stereocenters. The second-order valence-electron chi connectivity index (χ2n) is 6.47. The molecule has 5 nitrogen and oxygen atoms in total. The lowest BCUT2D eigenvalue weighted by molar-refractivity contribution is -0.137. The molecule has 0 unspecified atom stereocenters. The number of hydrogen-bond acceptors (Lipinski definition) is 3. The fraction of sp³-hybridized carbons (Fsp3) is 0.529. The van der Waals surface area contributed by atoms with Crippen molar-refractivity contribution in [3.8, 4) is 0 Å². The summed E-state index contributed by atoms with van der Waals surface area (Å²) in [6.45, 7) is 3.22. The van der Waals surface area contributed by atoms with Crippen LogP contribution >= 0.6 is 0 Å². The Morgan fingerprint density at radius 3 is 2.52 bits per heavy atom. The van der Waals surface area contributed by atoms with Crippen molar-refractivity contribution in [2.24, 2.45) is 0 Å². The van der Waals surface area contributed by atoms with Crippen LogP contribution in [0.25, 0.3) is 0 Å². The van der Waals surface area contributed by atoms with Crippen molar-refractivity contribution in [2.45, 2.75) is 38.4 Å². The number of anilines is 2. The molecule has 1 N–H and O–H groups in total. The van der Waals surface area contributed by atoms with Gasteiger partial charge in [0.15, 0.2) is 0 Å². The number of hydrogen-bond donors (Lipinski definition) is 1. The first-order chi connectivity index (χ1) is 11.8. The van der Waals surface area contributed by atoms with Gasteiger partial charge in [-0.2, -0.15) is 13.2 Å². The molecule has 0 spiro atoms. The number of halogens is 3. The Labute approximate surface area is 143 Å². The summed E-state index contributed by atoms with van der Waals surface area (Å²) in [5, 5.41) is 2.43. The predicted molar refractivity (Wildman–Crippen MR) is 87.3 cm³/mol. The summed E-state index contributed by atoms with van der Waals surface area (Å²) in [4.78, 5) is 28.1. The van der Waals surface area contributed by atoms with Crippen LogP contribution in [0.1, 0.15) is 31.7 Å². The van der Waals surface area contributed by atoms with E-state index in [0.29, 0.717) is 5.69 Å². The van der Waals surface area contributed by atoms with Crippen molar-refractivity contribution in [3.05, 3.63) is 23.8 Å².